The Morgan fingerprint density at radius 3 is 1.31 bits per heavy atom. The Morgan fingerprint density at radius 1 is 0.594 bits per heavy atom. The highest BCUT2D eigenvalue weighted by atomic mass is 32.1. The summed E-state index contributed by atoms with van der Waals surface area (Å²) in [6, 6.07) is 20.9. The maximum Gasteiger partial charge on any atom is 0.335 e. The number of aliphatic imine (C=N–C) groups is 2. The van der Waals surface area contributed by atoms with Gasteiger partial charge in [-0.05, 0) is 72.8 Å². The molecule has 0 radical (unpaired) electrons. The number of nitrogens with zero attached hydrogens (tertiary/aromatic N) is 2. The van der Waals surface area contributed by atoms with Crippen LogP contribution in [-0.4, -0.2) is 34.6 Å². The van der Waals surface area contributed by atoms with E-state index in [9.17, 15) is 9.59 Å². The summed E-state index contributed by atoms with van der Waals surface area (Å²) in [4.78, 5) is 34.9. The molecule has 32 heavy (non-hydrogen) atoms. The van der Waals surface area contributed by atoms with E-state index in [1.54, 1.807) is 59.4 Å². The molecule has 0 spiro atoms. The Balaban J connectivity index is 1.42. The quantitative estimate of drug-likeness (QED) is 0.313. The van der Waals surface area contributed by atoms with E-state index in [2.05, 4.69) is 9.98 Å². The maximum absolute atomic E-state index is 10.9. The highest BCUT2D eigenvalue weighted by Gasteiger charge is 2.06. The highest BCUT2D eigenvalue weighted by molar-refractivity contribution is 7.23. The molecular formula is C24H16N2O4S2. The van der Waals surface area contributed by atoms with Gasteiger partial charge in [0.1, 0.15) is 0 Å². The number of carboxylic acid groups (broad SMARTS) is 2. The highest BCUT2D eigenvalue weighted by Crippen LogP contribution is 2.33. The molecule has 4 aromatic rings. The van der Waals surface area contributed by atoms with Crippen LogP contribution < -0.4 is 0 Å². The van der Waals surface area contributed by atoms with E-state index >= 15 is 0 Å². The molecule has 0 aliphatic heterocycles. The van der Waals surface area contributed by atoms with Crippen LogP contribution in [0.2, 0.25) is 0 Å². The third-order valence-corrected chi connectivity index (χ3v) is 6.64. The van der Waals surface area contributed by atoms with Crippen molar-refractivity contribution in [1.82, 2.24) is 0 Å². The van der Waals surface area contributed by atoms with Crippen LogP contribution in [0.3, 0.4) is 0 Å². The van der Waals surface area contributed by atoms with Gasteiger partial charge in [0.2, 0.25) is 0 Å². The van der Waals surface area contributed by atoms with E-state index < -0.39 is 11.9 Å². The Morgan fingerprint density at radius 2 is 0.969 bits per heavy atom. The van der Waals surface area contributed by atoms with E-state index in [0.29, 0.717) is 11.4 Å². The van der Waals surface area contributed by atoms with Crippen molar-refractivity contribution in [2.75, 3.05) is 0 Å². The van der Waals surface area contributed by atoms with Crippen molar-refractivity contribution < 1.29 is 19.8 Å². The van der Waals surface area contributed by atoms with E-state index in [4.69, 9.17) is 10.2 Å². The van der Waals surface area contributed by atoms with Crippen molar-refractivity contribution >= 4 is 58.4 Å². The molecule has 0 aliphatic rings. The lowest BCUT2D eigenvalue weighted by Gasteiger charge is -1.95. The number of carboxylic acids is 2. The van der Waals surface area contributed by atoms with Gasteiger partial charge in [-0.1, -0.05) is 0 Å². The lowest BCUT2D eigenvalue weighted by Crippen LogP contribution is -1.94. The van der Waals surface area contributed by atoms with Crippen LogP contribution in [-0.2, 0) is 0 Å². The van der Waals surface area contributed by atoms with Crippen LogP contribution >= 0.6 is 22.7 Å². The lowest BCUT2D eigenvalue weighted by atomic mass is 10.2. The summed E-state index contributed by atoms with van der Waals surface area (Å²) in [6.45, 7) is 0. The number of hydrogen-bond acceptors (Lipinski definition) is 6. The summed E-state index contributed by atoms with van der Waals surface area (Å²) in [7, 11) is 0. The summed E-state index contributed by atoms with van der Waals surface area (Å²) in [6.07, 6.45) is 3.53. The van der Waals surface area contributed by atoms with Crippen molar-refractivity contribution in [3.63, 3.8) is 0 Å². The van der Waals surface area contributed by atoms with Crippen molar-refractivity contribution in [2.45, 2.75) is 0 Å². The molecule has 0 atom stereocenters. The fourth-order valence-corrected chi connectivity index (χ4v) is 4.62. The normalized spacial score (nSPS) is 11.4. The summed E-state index contributed by atoms with van der Waals surface area (Å²) in [5.41, 5.74) is 1.85. The third-order valence-electron chi connectivity index (χ3n) is 4.41. The average molecular weight is 461 g/mol. The van der Waals surface area contributed by atoms with Gasteiger partial charge >= 0.3 is 11.9 Å². The minimum Gasteiger partial charge on any atom is -0.478 e. The number of benzene rings is 2. The number of hydrogen-bond donors (Lipinski definition) is 2. The van der Waals surface area contributed by atoms with Crippen molar-refractivity contribution in [3.8, 4) is 9.75 Å². The number of aromatic carboxylic acids is 2. The van der Waals surface area contributed by atoms with E-state index in [-0.39, 0.29) is 11.1 Å². The van der Waals surface area contributed by atoms with Crippen LogP contribution in [0.15, 0.2) is 82.8 Å². The third kappa shape index (κ3) is 5.23. The molecule has 4 rings (SSSR count). The number of carbonyl (C=O) groups is 2. The molecule has 6 nitrogen and oxygen atoms in total. The topological polar surface area (TPSA) is 99.3 Å². The van der Waals surface area contributed by atoms with Crippen molar-refractivity contribution in [3.05, 3.63) is 93.7 Å². The predicted octanol–water partition coefficient (Wildman–Crippen LogP) is 6.37. The second kappa shape index (κ2) is 9.51. The minimum atomic E-state index is -0.958. The Kier molecular flexibility index (Phi) is 6.34. The molecule has 158 valence electrons. The fraction of sp³-hybridized carbons (Fsp3) is 0. The molecular weight excluding hydrogens is 444 g/mol. The summed E-state index contributed by atoms with van der Waals surface area (Å²) < 4.78 is 0. The number of thiophene rings is 2. The fourth-order valence-electron chi connectivity index (χ4n) is 2.77. The van der Waals surface area contributed by atoms with Crippen LogP contribution in [0.4, 0.5) is 11.4 Å². The first-order chi connectivity index (χ1) is 15.5. The second-order valence-electron chi connectivity index (χ2n) is 6.62. The zero-order chi connectivity index (χ0) is 22.5. The van der Waals surface area contributed by atoms with Crippen LogP contribution in [0, 0.1) is 0 Å². The van der Waals surface area contributed by atoms with E-state index in [1.807, 2.05) is 24.3 Å². The monoisotopic (exact) mass is 460 g/mol. The first kappa shape index (κ1) is 21.4. The molecule has 2 N–H and O–H groups in total. The smallest absolute Gasteiger partial charge is 0.335 e. The molecule has 0 saturated carbocycles. The van der Waals surface area contributed by atoms with Gasteiger partial charge in [0.05, 0.1) is 22.5 Å². The summed E-state index contributed by atoms with van der Waals surface area (Å²) in [5.74, 6) is -1.92. The number of rotatable bonds is 7. The van der Waals surface area contributed by atoms with Gasteiger partial charge in [0.15, 0.2) is 0 Å². The Labute approximate surface area is 191 Å². The van der Waals surface area contributed by atoms with Gasteiger partial charge in [-0.3, -0.25) is 9.98 Å². The molecule has 0 bridgehead atoms. The van der Waals surface area contributed by atoms with Crippen LogP contribution in [0.1, 0.15) is 30.5 Å². The first-order valence-electron chi connectivity index (χ1n) is 9.43. The maximum atomic E-state index is 10.9. The van der Waals surface area contributed by atoms with E-state index in [0.717, 1.165) is 19.5 Å². The van der Waals surface area contributed by atoms with Crippen LogP contribution in [0.25, 0.3) is 9.75 Å². The second-order valence-corrected chi connectivity index (χ2v) is 8.86. The average Bonchev–Trinajstić information content (AvgIpc) is 3.46. The van der Waals surface area contributed by atoms with Crippen molar-refractivity contribution in [1.29, 1.82) is 0 Å². The molecule has 0 aliphatic carbocycles. The predicted molar refractivity (Wildman–Crippen MR) is 129 cm³/mol. The van der Waals surface area contributed by atoms with Gasteiger partial charge in [-0.25, -0.2) is 9.59 Å². The molecule has 0 saturated heterocycles. The molecule has 0 amide bonds. The zero-order valence-corrected chi connectivity index (χ0v) is 18.1. The Bertz CT molecular complexity index is 1210. The lowest BCUT2D eigenvalue weighted by molar-refractivity contribution is 0.0686. The van der Waals surface area contributed by atoms with Gasteiger partial charge in [-0.15, -0.1) is 22.7 Å². The van der Waals surface area contributed by atoms with Crippen molar-refractivity contribution in [2.24, 2.45) is 9.98 Å². The van der Waals surface area contributed by atoms with Gasteiger partial charge in [0, 0.05) is 31.9 Å². The van der Waals surface area contributed by atoms with E-state index in [1.165, 1.54) is 24.3 Å². The Hall–Kier alpha value is -3.88. The molecule has 2 heterocycles. The first-order valence-corrected chi connectivity index (χ1v) is 11.1. The van der Waals surface area contributed by atoms with Crippen LogP contribution in [0.5, 0.6) is 0 Å². The molecule has 0 fully saturated rings. The SMILES string of the molecule is O=C(O)c1ccc(N=Cc2ccc(-c3ccc(C=Nc4ccc(C(=O)O)cc4)s3)s2)cc1. The van der Waals surface area contributed by atoms with Gasteiger partial charge in [-0.2, -0.15) is 0 Å². The molecule has 8 heteroatoms. The van der Waals surface area contributed by atoms with Gasteiger partial charge < -0.3 is 10.2 Å². The summed E-state index contributed by atoms with van der Waals surface area (Å²) in [5, 5.41) is 17.9. The van der Waals surface area contributed by atoms with Gasteiger partial charge in [0.25, 0.3) is 0 Å². The molecule has 2 aromatic carbocycles. The zero-order valence-electron chi connectivity index (χ0n) is 16.5. The molecule has 0 unspecified atom stereocenters. The standard InChI is InChI=1S/C24H16N2O4S2/c27-23(28)15-1-5-17(6-2-15)25-13-19-9-11-21(31-19)22-12-10-20(32-22)14-26-18-7-3-16(4-8-18)24(29)30/h1-14H,(H,27,28)(H,29,30). The minimum absolute atomic E-state index is 0.233. The largest absolute Gasteiger partial charge is 0.478 e. The summed E-state index contributed by atoms with van der Waals surface area (Å²) >= 11 is 3.22. The molecule has 2 aromatic heterocycles.